The zero-order valence-electron chi connectivity index (χ0n) is 21.4. The van der Waals surface area contributed by atoms with Crippen molar-refractivity contribution in [3.63, 3.8) is 0 Å². The predicted octanol–water partition coefficient (Wildman–Crippen LogP) is 1.78. The zero-order chi connectivity index (χ0) is 27.9. The van der Waals surface area contributed by atoms with Crippen LogP contribution in [0.3, 0.4) is 0 Å². The van der Waals surface area contributed by atoms with Gasteiger partial charge in [-0.25, -0.2) is 9.97 Å². The Balaban J connectivity index is 1.54. The van der Waals surface area contributed by atoms with E-state index >= 15 is 0 Å². The molecule has 0 saturated carbocycles. The number of aliphatic hydroxyl groups excluding tert-OH is 1. The number of aromatic nitrogens is 4. The van der Waals surface area contributed by atoms with Crippen molar-refractivity contribution in [2.75, 3.05) is 62.0 Å². The van der Waals surface area contributed by atoms with Crippen molar-refractivity contribution in [3.8, 4) is 17.1 Å². The van der Waals surface area contributed by atoms with Crippen LogP contribution in [0.4, 0.5) is 36.2 Å². The number of alkyl halides is 3. The van der Waals surface area contributed by atoms with Crippen molar-refractivity contribution < 1.29 is 27.8 Å². The Morgan fingerprint density at radius 2 is 1.95 bits per heavy atom. The molecule has 0 unspecified atom stereocenters. The highest BCUT2D eigenvalue weighted by Gasteiger charge is 2.34. The monoisotopic (exact) mass is 547 g/mol. The summed E-state index contributed by atoms with van der Waals surface area (Å²) in [5.74, 6) is -1.15. The highest BCUT2D eigenvalue weighted by Crippen LogP contribution is 2.41. The van der Waals surface area contributed by atoms with E-state index < -0.39 is 18.0 Å². The highest BCUT2D eigenvalue weighted by molar-refractivity contribution is 6.01. The molecule has 39 heavy (non-hydrogen) atoms. The Morgan fingerprint density at radius 1 is 1.21 bits per heavy atom. The molecule has 208 valence electrons. The molecular formula is C24H28F3N9O3. The van der Waals surface area contributed by atoms with Crippen LogP contribution >= 0.6 is 0 Å². The number of benzene rings is 1. The molecule has 1 saturated heterocycles. The van der Waals surface area contributed by atoms with E-state index in [2.05, 4.69) is 34.9 Å². The summed E-state index contributed by atoms with van der Waals surface area (Å²) in [4.78, 5) is 27.0. The third-order valence-corrected chi connectivity index (χ3v) is 6.65. The first kappa shape index (κ1) is 26.5. The van der Waals surface area contributed by atoms with E-state index in [-0.39, 0.29) is 30.5 Å². The molecule has 0 spiro atoms. The summed E-state index contributed by atoms with van der Waals surface area (Å²) in [6, 6.07) is 4.44. The number of nitrogens with zero attached hydrogens (tertiary/aromatic N) is 7. The summed E-state index contributed by atoms with van der Waals surface area (Å²) >= 11 is 0. The summed E-state index contributed by atoms with van der Waals surface area (Å²) in [5, 5.41) is 16.7. The van der Waals surface area contributed by atoms with Gasteiger partial charge in [-0.05, 0) is 25.2 Å². The zero-order valence-corrected chi connectivity index (χ0v) is 21.4. The molecule has 15 heteroatoms. The minimum absolute atomic E-state index is 0.0178. The lowest BCUT2D eigenvalue weighted by Crippen LogP contribution is -2.44. The van der Waals surface area contributed by atoms with Gasteiger partial charge in [0.2, 0.25) is 5.95 Å². The number of amides is 1. The first-order valence-electron chi connectivity index (χ1n) is 12.2. The van der Waals surface area contributed by atoms with Gasteiger partial charge >= 0.3 is 6.36 Å². The lowest BCUT2D eigenvalue weighted by atomic mass is 10.0. The van der Waals surface area contributed by atoms with Gasteiger partial charge in [-0.15, -0.1) is 13.2 Å². The van der Waals surface area contributed by atoms with Crippen molar-refractivity contribution in [2.45, 2.75) is 19.5 Å². The number of nitrogens with one attached hydrogen (secondary N) is 1. The lowest BCUT2D eigenvalue weighted by Gasteiger charge is -2.34. The van der Waals surface area contributed by atoms with Crippen LogP contribution in [0, 0.1) is 0 Å². The minimum atomic E-state index is -4.90. The molecule has 3 aromatic rings. The van der Waals surface area contributed by atoms with Crippen molar-refractivity contribution in [1.82, 2.24) is 24.6 Å². The van der Waals surface area contributed by atoms with Crippen LogP contribution in [-0.2, 0) is 13.1 Å². The third-order valence-electron chi connectivity index (χ3n) is 6.65. The first-order valence-corrected chi connectivity index (χ1v) is 12.2. The van der Waals surface area contributed by atoms with Gasteiger partial charge in [0.1, 0.15) is 11.4 Å². The van der Waals surface area contributed by atoms with Crippen LogP contribution in [0.25, 0.3) is 11.4 Å². The SMILES string of the molecule is CN1CCN(c2ccc(OC(F)(F)F)c(Nc3ncc4c(n3)-c3c(c(C(N)=O)nn3CCO)N(C)C4)c2)CC1. The Bertz CT molecular complexity index is 1390. The van der Waals surface area contributed by atoms with Crippen molar-refractivity contribution in [1.29, 1.82) is 0 Å². The third kappa shape index (κ3) is 5.40. The van der Waals surface area contributed by atoms with E-state index in [0.29, 0.717) is 29.2 Å². The van der Waals surface area contributed by atoms with Gasteiger partial charge in [-0.2, -0.15) is 5.10 Å². The van der Waals surface area contributed by atoms with Crippen molar-refractivity contribution in [3.05, 3.63) is 35.7 Å². The Morgan fingerprint density at radius 3 is 2.62 bits per heavy atom. The van der Waals surface area contributed by atoms with Gasteiger partial charge in [0.25, 0.3) is 5.91 Å². The van der Waals surface area contributed by atoms with Gasteiger partial charge in [-0.1, -0.05) is 0 Å². The standard InChI is InChI=1S/C24H28F3N9O3/c1-33-5-7-35(8-6-33)15-3-4-17(39-24(25,26)27)16(11-15)30-23-29-12-14-13-34(2)20-19(22(28)38)32-36(9-10-37)21(20)18(14)31-23/h3-4,11-12,37H,5-10,13H2,1-2H3,(H2,28,38)(H,29,30,31). The maximum absolute atomic E-state index is 13.2. The van der Waals surface area contributed by atoms with Crippen LogP contribution in [0.1, 0.15) is 16.1 Å². The van der Waals surface area contributed by atoms with Gasteiger partial charge in [0, 0.05) is 57.2 Å². The molecule has 0 radical (unpaired) electrons. The second-order valence-electron chi connectivity index (χ2n) is 9.42. The van der Waals surface area contributed by atoms with Gasteiger partial charge in [-0.3, -0.25) is 9.48 Å². The molecule has 1 amide bonds. The molecule has 5 rings (SSSR count). The number of halogens is 3. The van der Waals surface area contributed by atoms with Gasteiger partial charge in [0.05, 0.1) is 24.5 Å². The average Bonchev–Trinajstić information content (AvgIpc) is 3.26. The number of rotatable bonds is 7. The number of nitrogens with two attached hydrogens (primary N) is 1. The maximum atomic E-state index is 13.2. The van der Waals surface area contributed by atoms with Crippen LogP contribution in [-0.4, -0.2) is 88.9 Å². The largest absolute Gasteiger partial charge is 0.573 e. The Kier molecular flexibility index (Phi) is 6.94. The van der Waals surface area contributed by atoms with E-state index in [1.54, 1.807) is 30.3 Å². The predicted molar refractivity (Wildman–Crippen MR) is 137 cm³/mol. The van der Waals surface area contributed by atoms with Gasteiger partial charge < -0.3 is 35.6 Å². The molecule has 0 bridgehead atoms. The number of likely N-dealkylation sites (N-methyl/N-ethyl adjacent to an activating group) is 1. The van der Waals surface area contributed by atoms with Crippen LogP contribution < -0.4 is 25.6 Å². The molecule has 1 fully saturated rings. The number of anilines is 4. The van der Waals surface area contributed by atoms with Crippen molar-refractivity contribution >= 4 is 28.9 Å². The molecule has 0 atom stereocenters. The molecule has 12 nitrogen and oxygen atoms in total. The maximum Gasteiger partial charge on any atom is 0.573 e. The highest BCUT2D eigenvalue weighted by atomic mass is 19.4. The van der Waals surface area contributed by atoms with E-state index in [0.717, 1.165) is 31.9 Å². The number of hydrogen-bond donors (Lipinski definition) is 3. The number of carbonyl (C=O) groups excluding carboxylic acids is 1. The number of hydrogen-bond acceptors (Lipinski definition) is 10. The molecule has 0 aliphatic carbocycles. The molecule has 4 N–H and O–H groups in total. The topological polar surface area (TPSA) is 138 Å². The Hall–Kier alpha value is -4.11. The minimum Gasteiger partial charge on any atom is -0.404 e. The summed E-state index contributed by atoms with van der Waals surface area (Å²) in [5.41, 5.74) is 8.37. The fraction of sp³-hybridized carbons (Fsp3) is 0.417. The van der Waals surface area contributed by atoms with E-state index in [1.807, 2.05) is 7.05 Å². The normalized spacial score (nSPS) is 15.6. The summed E-state index contributed by atoms with van der Waals surface area (Å²) in [7, 11) is 3.77. The van der Waals surface area contributed by atoms with Crippen molar-refractivity contribution in [2.24, 2.45) is 5.73 Å². The molecule has 2 aliphatic heterocycles. The molecule has 4 heterocycles. The quantitative estimate of drug-likeness (QED) is 0.401. The van der Waals surface area contributed by atoms with Crippen LogP contribution in [0.5, 0.6) is 5.75 Å². The second-order valence-corrected chi connectivity index (χ2v) is 9.42. The average molecular weight is 548 g/mol. The van der Waals surface area contributed by atoms with E-state index in [4.69, 9.17) is 5.73 Å². The van der Waals surface area contributed by atoms with E-state index in [1.165, 1.54) is 10.7 Å². The van der Waals surface area contributed by atoms with E-state index in [9.17, 15) is 23.1 Å². The number of carbonyl (C=O) groups is 1. The molecule has 2 aliphatic rings. The molecular weight excluding hydrogens is 519 g/mol. The smallest absolute Gasteiger partial charge is 0.404 e. The van der Waals surface area contributed by atoms with Gasteiger partial charge in [0.15, 0.2) is 11.4 Å². The Labute approximate surface area is 221 Å². The number of primary amides is 1. The number of aliphatic hydroxyl groups is 1. The lowest BCUT2D eigenvalue weighted by molar-refractivity contribution is -0.274. The summed E-state index contributed by atoms with van der Waals surface area (Å²) in [6.45, 7) is 3.25. The fourth-order valence-electron chi connectivity index (χ4n) is 4.80. The summed E-state index contributed by atoms with van der Waals surface area (Å²) in [6.07, 6.45) is -3.34. The molecule has 1 aromatic carbocycles. The van der Waals surface area contributed by atoms with Crippen LogP contribution in [0.15, 0.2) is 24.4 Å². The first-order chi connectivity index (χ1) is 18.5. The molecule has 2 aromatic heterocycles. The number of piperazine rings is 1. The second kappa shape index (κ2) is 10.2. The number of fused-ring (bicyclic) bond motifs is 3. The number of ether oxygens (including phenoxy) is 1. The summed E-state index contributed by atoms with van der Waals surface area (Å²) < 4.78 is 45.3. The van der Waals surface area contributed by atoms with Crippen LogP contribution in [0.2, 0.25) is 0 Å². The fourth-order valence-corrected chi connectivity index (χ4v) is 4.80.